The van der Waals surface area contributed by atoms with E-state index in [2.05, 4.69) is 156 Å². The first-order valence-electron chi connectivity index (χ1n) is 13.0. The third-order valence-corrected chi connectivity index (χ3v) is 7.82. The molecule has 184 valence electrons. The van der Waals surface area contributed by atoms with Crippen molar-refractivity contribution in [1.82, 2.24) is 0 Å². The first-order valence-corrected chi connectivity index (χ1v) is 13.8. The molecule has 0 heterocycles. The number of benzene rings is 6. The van der Waals surface area contributed by atoms with Gasteiger partial charge in [0.05, 0.1) is 0 Å². The van der Waals surface area contributed by atoms with Crippen molar-refractivity contribution in [1.29, 1.82) is 0 Å². The standard InChI is InChI=1S/C24H20B.C12H10Cl/c1-5-13-21(14-6-1)25(22-15-7-2-8-16-22,23-17-9-3-10-18-23)24-19-11-4-12-20-24;1-3-7-11(8-4-1)13-12-9-5-2-6-10-12/h1-20H;1-10H/q-1;+1. The van der Waals surface area contributed by atoms with Crippen molar-refractivity contribution in [2.24, 2.45) is 0 Å². The van der Waals surface area contributed by atoms with Gasteiger partial charge in [-0.15, -0.1) is 0 Å². The van der Waals surface area contributed by atoms with E-state index in [1.54, 1.807) is 0 Å². The van der Waals surface area contributed by atoms with Gasteiger partial charge in [-0.2, -0.15) is 21.9 Å². The molecular formula is C36H30BCl. The van der Waals surface area contributed by atoms with Crippen LogP contribution in [0.2, 0.25) is 10.0 Å². The highest BCUT2D eigenvalue weighted by Gasteiger charge is 2.31. The van der Waals surface area contributed by atoms with Gasteiger partial charge in [-0.05, 0) is 0 Å². The summed E-state index contributed by atoms with van der Waals surface area (Å²) in [4.78, 5) is 0. The van der Waals surface area contributed by atoms with Crippen molar-refractivity contribution in [2.75, 3.05) is 0 Å². The Morgan fingerprint density at radius 1 is 0.263 bits per heavy atom. The minimum atomic E-state index is -1.22. The Bertz CT molecular complexity index is 1290. The lowest BCUT2D eigenvalue weighted by molar-refractivity contribution is -0.535. The second-order valence-electron chi connectivity index (χ2n) is 9.19. The topological polar surface area (TPSA) is 0 Å². The van der Waals surface area contributed by atoms with E-state index in [0.717, 1.165) is 0 Å². The van der Waals surface area contributed by atoms with Crippen LogP contribution in [0.4, 0.5) is 0 Å². The summed E-state index contributed by atoms with van der Waals surface area (Å²) in [6, 6.07) is 64.2. The van der Waals surface area contributed by atoms with E-state index in [4.69, 9.17) is 0 Å². The molecule has 0 aliphatic heterocycles. The highest BCUT2D eigenvalue weighted by molar-refractivity contribution is 7.19. The maximum atomic E-state index is 2.29. The number of halogens is 1. The summed E-state index contributed by atoms with van der Waals surface area (Å²) in [7, 11) is 2.29. The molecule has 6 rings (SSSR count). The number of hydrogen-bond donors (Lipinski definition) is 0. The molecule has 0 bridgehead atoms. The molecule has 0 radical (unpaired) electrons. The van der Waals surface area contributed by atoms with Crippen LogP contribution in [0.15, 0.2) is 182 Å². The van der Waals surface area contributed by atoms with E-state index >= 15 is 0 Å². The van der Waals surface area contributed by atoms with E-state index in [-0.39, 0.29) is 0 Å². The molecule has 0 fully saturated rings. The smallest absolute Gasteiger partial charge is 0.195 e. The summed E-state index contributed by atoms with van der Waals surface area (Å²) < 4.78 is 0. The summed E-state index contributed by atoms with van der Waals surface area (Å²) in [5.41, 5.74) is 5.36. The average Bonchev–Trinajstić information content (AvgIpc) is 3.01. The second-order valence-corrected chi connectivity index (χ2v) is 10.3. The van der Waals surface area contributed by atoms with Gasteiger partial charge >= 0.3 is 0 Å². The maximum Gasteiger partial charge on any atom is 0.235 e. The third-order valence-electron chi connectivity index (χ3n) is 6.88. The highest BCUT2D eigenvalue weighted by Crippen LogP contribution is 2.13. The molecule has 0 saturated heterocycles. The Balaban J connectivity index is 0.000000190. The third kappa shape index (κ3) is 5.80. The molecule has 0 spiro atoms. The molecule has 0 aromatic heterocycles. The van der Waals surface area contributed by atoms with E-state index in [9.17, 15) is 0 Å². The van der Waals surface area contributed by atoms with Gasteiger partial charge in [0.1, 0.15) is 6.15 Å². The van der Waals surface area contributed by atoms with E-state index < -0.39 is 6.15 Å². The first-order chi connectivity index (χ1) is 18.9. The Morgan fingerprint density at radius 2 is 0.474 bits per heavy atom. The molecule has 0 saturated carbocycles. The number of rotatable bonds is 6. The summed E-state index contributed by atoms with van der Waals surface area (Å²) in [6.45, 7) is 0. The SMILES string of the molecule is c1ccc([B-](c2ccccc2)(c2ccccc2)c2ccccc2)cc1.c1ccc([Cl+]c2ccccc2)cc1. The van der Waals surface area contributed by atoms with Crippen LogP contribution in [0.3, 0.4) is 0 Å². The molecule has 2 heteroatoms. The summed E-state index contributed by atoms with van der Waals surface area (Å²) in [5, 5.41) is 2.46. The minimum Gasteiger partial charge on any atom is -0.195 e. The fourth-order valence-electron chi connectivity index (χ4n) is 5.20. The molecular weight excluding hydrogens is 479 g/mol. The Kier molecular flexibility index (Phi) is 8.51. The van der Waals surface area contributed by atoms with Gasteiger partial charge in [0.15, 0.2) is 0 Å². The molecule has 0 N–H and O–H groups in total. The van der Waals surface area contributed by atoms with Crippen LogP contribution in [0.5, 0.6) is 0 Å². The lowest BCUT2D eigenvalue weighted by Crippen LogP contribution is -2.74. The molecule has 0 amide bonds. The van der Waals surface area contributed by atoms with Gasteiger partial charge in [-0.3, -0.25) is 0 Å². The van der Waals surface area contributed by atoms with Crippen LogP contribution < -0.4 is 21.9 Å². The van der Waals surface area contributed by atoms with E-state index in [0.29, 0.717) is 0 Å². The first kappa shape index (κ1) is 25.3. The van der Waals surface area contributed by atoms with E-state index in [1.165, 1.54) is 31.9 Å². The van der Waals surface area contributed by atoms with Gasteiger partial charge in [0.25, 0.3) is 0 Å². The average molecular weight is 509 g/mol. The zero-order valence-electron chi connectivity index (χ0n) is 21.3. The largest absolute Gasteiger partial charge is 0.235 e. The second kappa shape index (κ2) is 12.8. The van der Waals surface area contributed by atoms with Gasteiger partial charge < -0.3 is 0 Å². The highest BCUT2D eigenvalue weighted by atomic mass is 35.5. The normalized spacial score (nSPS) is 10.7. The van der Waals surface area contributed by atoms with Crippen molar-refractivity contribution in [3.63, 3.8) is 0 Å². The van der Waals surface area contributed by atoms with Crippen molar-refractivity contribution >= 4 is 28.0 Å². The molecule has 0 nitrogen and oxygen atoms in total. The zero-order chi connectivity index (χ0) is 25.9. The van der Waals surface area contributed by atoms with Crippen LogP contribution in [0, 0.1) is 10.8 Å². The fourth-order valence-corrected chi connectivity index (χ4v) is 6.00. The Morgan fingerprint density at radius 3 is 0.711 bits per heavy atom. The quantitative estimate of drug-likeness (QED) is 0.229. The summed E-state index contributed by atoms with van der Waals surface area (Å²) in [6.07, 6.45) is -1.22. The molecule has 38 heavy (non-hydrogen) atoms. The minimum absolute atomic E-state index is 1.22. The predicted octanol–water partition coefficient (Wildman–Crippen LogP) is 6.37. The van der Waals surface area contributed by atoms with Crippen LogP contribution >= 0.6 is 0 Å². The van der Waals surface area contributed by atoms with Gasteiger partial charge in [-0.25, -0.2) is 0 Å². The summed E-state index contributed by atoms with van der Waals surface area (Å²) in [5.74, 6) is 0. The van der Waals surface area contributed by atoms with Crippen LogP contribution in [-0.4, -0.2) is 6.15 Å². The van der Waals surface area contributed by atoms with Crippen LogP contribution in [0.1, 0.15) is 0 Å². The predicted molar refractivity (Wildman–Crippen MR) is 161 cm³/mol. The fraction of sp³-hybridized carbons (Fsp3) is 0. The zero-order valence-corrected chi connectivity index (χ0v) is 22.0. The van der Waals surface area contributed by atoms with Gasteiger partial charge in [0, 0.05) is 24.3 Å². The monoisotopic (exact) mass is 508 g/mol. The molecule has 0 aliphatic rings. The van der Waals surface area contributed by atoms with E-state index in [1.807, 2.05) is 36.4 Å². The number of hydrogen-bond acceptors (Lipinski definition) is 0. The van der Waals surface area contributed by atoms with Gasteiger partial charge in [-0.1, -0.05) is 158 Å². The van der Waals surface area contributed by atoms with Crippen molar-refractivity contribution in [3.8, 4) is 0 Å². The van der Waals surface area contributed by atoms with Crippen LogP contribution in [-0.2, 0) is 0 Å². The Labute approximate surface area is 230 Å². The molecule has 6 aromatic carbocycles. The molecule has 0 unspecified atom stereocenters. The molecule has 0 atom stereocenters. The maximum absolute atomic E-state index is 2.29. The molecule has 6 aromatic rings. The summed E-state index contributed by atoms with van der Waals surface area (Å²) >= 11 is 0. The lowest BCUT2D eigenvalue weighted by atomic mass is 9.13. The lowest BCUT2D eigenvalue weighted by Gasteiger charge is -2.44. The molecule has 0 aliphatic carbocycles. The van der Waals surface area contributed by atoms with Crippen molar-refractivity contribution in [2.45, 2.75) is 0 Å². The van der Waals surface area contributed by atoms with Crippen molar-refractivity contribution < 1.29 is 10.8 Å². The Hall–Kier alpha value is -4.33. The van der Waals surface area contributed by atoms with Crippen LogP contribution in [0.25, 0.3) is 0 Å². The van der Waals surface area contributed by atoms with Gasteiger partial charge in [0.2, 0.25) is 20.8 Å². The van der Waals surface area contributed by atoms with Crippen molar-refractivity contribution in [3.05, 3.63) is 192 Å².